The Morgan fingerprint density at radius 3 is 2.72 bits per heavy atom. The molecule has 0 aliphatic heterocycles. The number of fused-ring (bicyclic) bond motifs is 1. The molecule has 0 spiro atoms. The van der Waals surface area contributed by atoms with Gasteiger partial charge in [-0.1, -0.05) is 30.3 Å². The van der Waals surface area contributed by atoms with Crippen molar-refractivity contribution in [2.75, 3.05) is 6.61 Å². The maximum atomic E-state index is 13.1. The van der Waals surface area contributed by atoms with Crippen molar-refractivity contribution in [3.05, 3.63) is 82.0 Å². The molecule has 0 saturated heterocycles. The summed E-state index contributed by atoms with van der Waals surface area (Å²) < 4.78 is 9.92. The highest BCUT2D eigenvalue weighted by molar-refractivity contribution is 9.10. The normalized spacial score (nSPS) is 11.2. The van der Waals surface area contributed by atoms with Crippen molar-refractivity contribution in [2.45, 2.75) is 25.0 Å². The molecule has 8 heteroatoms. The molecule has 1 N–H and O–H groups in total. The number of phenolic OH excluding ortho intramolecular Hbond substituents is 1. The molecule has 32 heavy (non-hydrogen) atoms. The summed E-state index contributed by atoms with van der Waals surface area (Å²) >= 11 is 5.22. The molecule has 0 atom stereocenters. The zero-order valence-corrected chi connectivity index (χ0v) is 20.3. The Bertz CT molecular complexity index is 1240. The number of aryl methyl sites for hydroxylation is 1. The maximum absolute atomic E-state index is 13.1. The van der Waals surface area contributed by atoms with Crippen molar-refractivity contribution in [1.82, 2.24) is 14.1 Å². The van der Waals surface area contributed by atoms with Gasteiger partial charge in [-0.2, -0.15) is 11.8 Å². The third kappa shape index (κ3) is 4.42. The van der Waals surface area contributed by atoms with Gasteiger partial charge in [0.15, 0.2) is 0 Å². The molecule has 2 aromatic carbocycles. The van der Waals surface area contributed by atoms with Crippen LogP contribution in [-0.4, -0.2) is 31.8 Å². The van der Waals surface area contributed by atoms with Crippen LogP contribution in [0.5, 0.6) is 5.75 Å². The summed E-state index contributed by atoms with van der Waals surface area (Å²) in [6.07, 6.45) is 5.21. The Kier molecular flexibility index (Phi) is 6.91. The van der Waals surface area contributed by atoms with E-state index in [1.54, 1.807) is 31.2 Å². The number of ether oxygens (including phenoxy) is 1. The first kappa shape index (κ1) is 22.5. The van der Waals surface area contributed by atoms with Crippen molar-refractivity contribution in [3.8, 4) is 5.75 Å². The van der Waals surface area contributed by atoms with Crippen LogP contribution in [0.2, 0.25) is 0 Å². The number of hydrogen-bond acceptors (Lipinski definition) is 5. The number of nitrogens with zero attached hydrogens (tertiary/aromatic N) is 3. The van der Waals surface area contributed by atoms with Crippen LogP contribution in [0.1, 0.15) is 34.1 Å². The molecule has 0 aliphatic rings. The average Bonchev–Trinajstić information content (AvgIpc) is 3.39. The number of carbonyl (C=O) groups is 1. The zero-order valence-electron chi connectivity index (χ0n) is 17.9. The van der Waals surface area contributed by atoms with E-state index >= 15 is 0 Å². The second kappa shape index (κ2) is 9.83. The molecular formula is C24H24BrN3O3S. The number of carbonyl (C=O) groups excluding carboxylic acids is 1. The third-order valence-corrected chi connectivity index (χ3v) is 6.99. The first-order chi connectivity index (χ1) is 15.5. The summed E-state index contributed by atoms with van der Waals surface area (Å²) in [5.74, 6) is 1.21. The smallest absolute Gasteiger partial charge is 0.340 e. The van der Waals surface area contributed by atoms with E-state index in [0.717, 1.165) is 22.3 Å². The molecule has 0 amide bonds. The van der Waals surface area contributed by atoms with E-state index < -0.39 is 0 Å². The number of imidazole rings is 1. The Hall–Kier alpha value is -2.71. The third-order valence-electron chi connectivity index (χ3n) is 5.37. The van der Waals surface area contributed by atoms with Crippen LogP contribution >= 0.6 is 27.7 Å². The van der Waals surface area contributed by atoms with Crippen LogP contribution in [-0.2, 0) is 29.8 Å². The van der Waals surface area contributed by atoms with Gasteiger partial charge in [-0.05, 0) is 34.5 Å². The Labute approximate surface area is 199 Å². The Balaban J connectivity index is 1.82. The van der Waals surface area contributed by atoms with Gasteiger partial charge >= 0.3 is 5.97 Å². The van der Waals surface area contributed by atoms with E-state index in [4.69, 9.17) is 4.74 Å². The molecule has 0 radical (unpaired) electrons. The molecule has 166 valence electrons. The minimum Gasteiger partial charge on any atom is -0.506 e. The van der Waals surface area contributed by atoms with E-state index in [2.05, 4.69) is 33.0 Å². The van der Waals surface area contributed by atoms with Crippen molar-refractivity contribution < 1.29 is 14.6 Å². The topological polar surface area (TPSA) is 69.3 Å². The van der Waals surface area contributed by atoms with E-state index in [0.29, 0.717) is 27.9 Å². The summed E-state index contributed by atoms with van der Waals surface area (Å²) in [5, 5.41) is 11.6. The lowest BCUT2D eigenvalue weighted by Crippen LogP contribution is -2.09. The fourth-order valence-electron chi connectivity index (χ4n) is 3.83. The fraction of sp³-hybridized carbons (Fsp3) is 0.250. The van der Waals surface area contributed by atoms with Crippen LogP contribution in [0, 0.1) is 0 Å². The van der Waals surface area contributed by atoms with Crippen molar-refractivity contribution >= 4 is 44.6 Å². The van der Waals surface area contributed by atoms with E-state index in [1.807, 2.05) is 46.6 Å². The number of rotatable bonds is 8. The van der Waals surface area contributed by atoms with E-state index in [9.17, 15) is 9.90 Å². The van der Waals surface area contributed by atoms with Crippen LogP contribution in [0.4, 0.5) is 0 Å². The first-order valence-electron chi connectivity index (χ1n) is 10.3. The molecule has 0 saturated carbocycles. The highest BCUT2D eigenvalue weighted by Crippen LogP contribution is 2.40. The zero-order chi connectivity index (χ0) is 22.7. The van der Waals surface area contributed by atoms with E-state index in [-0.39, 0.29) is 18.3 Å². The monoisotopic (exact) mass is 513 g/mol. The van der Waals surface area contributed by atoms with E-state index in [1.165, 1.54) is 5.56 Å². The second-order valence-electron chi connectivity index (χ2n) is 7.39. The highest BCUT2D eigenvalue weighted by atomic mass is 79.9. The maximum Gasteiger partial charge on any atom is 0.340 e. The number of aromatic nitrogens is 3. The number of phenols is 1. The molecule has 2 aromatic heterocycles. The highest BCUT2D eigenvalue weighted by Gasteiger charge is 2.27. The van der Waals surface area contributed by atoms with Crippen LogP contribution in [0.25, 0.3) is 10.9 Å². The lowest BCUT2D eigenvalue weighted by Gasteiger charge is -2.11. The minimum atomic E-state index is -0.373. The van der Waals surface area contributed by atoms with Crippen molar-refractivity contribution in [3.63, 3.8) is 0 Å². The SMILES string of the molecule is CCOC(=O)c1c(CSCc2ccccc2)n(C)c2cc(Br)c(O)c(Cn3ccnc3)c12. The number of hydrogen-bond donors (Lipinski definition) is 1. The van der Waals surface area contributed by atoms with Crippen LogP contribution in [0.3, 0.4) is 0 Å². The lowest BCUT2D eigenvalue weighted by molar-refractivity contribution is 0.0527. The standard InChI is InChI=1S/C24H24BrN3O3S/c1-3-31-24(30)22-20(14-32-13-16-7-5-4-6-8-16)27(2)19-11-18(25)23(29)17(21(19)22)12-28-10-9-26-15-28/h4-11,15,29H,3,12-14H2,1-2H3. The predicted molar refractivity (Wildman–Crippen MR) is 131 cm³/mol. The molecular weight excluding hydrogens is 490 g/mol. The van der Waals surface area contributed by atoms with Gasteiger partial charge in [0.05, 0.1) is 35.0 Å². The summed E-state index contributed by atoms with van der Waals surface area (Å²) in [7, 11) is 1.95. The number of thioether (sulfide) groups is 1. The Morgan fingerprint density at radius 1 is 1.25 bits per heavy atom. The fourth-order valence-corrected chi connectivity index (χ4v) is 5.34. The predicted octanol–water partition coefficient (Wildman–Crippen LogP) is 5.50. The average molecular weight is 514 g/mol. The van der Waals surface area contributed by atoms with Gasteiger partial charge in [0, 0.05) is 47.6 Å². The lowest BCUT2D eigenvalue weighted by atomic mass is 10.0. The first-order valence-corrected chi connectivity index (χ1v) is 12.2. The second-order valence-corrected chi connectivity index (χ2v) is 9.23. The van der Waals surface area contributed by atoms with Gasteiger partial charge < -0.3 is 19.0 Å². The summed E-state index contributed by atoms with van der Waals surface area (Å²) in [6, 6.07) is 12.1. The van der Waals surface area contributed by atoms with Gasteiger partial charge in [-0.3, -0.25) is 0 Å². The van der Waals surface area contributed by atoms with Gasteiger partial charge in [0.25, 0.3) is 0 Å². The molecule has 0 unspecified atom stereocenters. The van der Waals surface area contributed by atoms with Gasteiger partial charge in [0.2, 0.25) is 0 Å². The molecule has 6 nitrogen and oxygen atoms in total. The molecule has 4 aromatic rings. The van der Waals surface area contributed by atoms with Crippen molar-refractivity contribution in [2.24, 2.45) is 7.05 Å². The van der Waals surface area contributed by atoms with Crippen LogP contribution < -0.4 is 0 Å². The molecule has 0 fully saturated rings. The number of aromatic hydroxyl groups is 1. The van der Waals surface area contributed by atoms with Crippen LogP contribution in [0.15, 0.2) is 59.6 Å². The number of benzene rings is 2. The van der Waals surface area contributed by atoms with Gasteiger partial charge in [-0.25, -0.2) is 9.78 Å². The van der Waals surface area contributed by atoms with Crippen molar-refractivity contribution in [1.29, 1.82) is 0 Å². The number of halogens is 1. The molecule has 2 heterocycles. The summed E-state index contributed by atoms with van der Waals surface area (Å²) in [5.41, 5.74) is 4.15. The molecule has 0 aliphatic carbocycles. The van der Waals surface area contributed by atoms with Gasteiger partial charge in [0.1, 0.15) is 5.75 Å². The van der Waals surface area contributed by atoms with Gasteiger partial charge in [-0.15, -0.1) is 0 Å². The molecule has 0 bridgehead atoms. The Morgan fingerprint density at radius 2 is 2.03 bits per heavy atom. The minimum absolute atomic E-state index is 0.117. The quantitative estimate of drug-likeness (QED) is 0.315. The largest absolute Gasteiger partial charge is 0.506 e. The summed E-state index contributed by atoms with van der Waals surface area (Å²) in [6.45, 7) is 2.47. The summed E-state index contributed by atoms with van der Waals surface area (Å²) in [4.78, 5) is 17.2. The molecule has 4 rings (SSSR count). The number of esters is 1.